The van der Waals surface area contributed by atoms with Crippen LogP contribution in [0.25, 0.3) is 28.2 Å². The van der Waals surface area contributed by atoms with Crippen molar-refractivity contribution in [3.8, 4) is 28.4 Å². The summed E-state index contributed by atoms with van der Waals surface area (Å²) in [4.78, 5) is 17.9. The number of halogens is 1. The molecule has 9 nitrogen and oxygen atoms in total. The second kappa shape index (κ2) is 10.3. The lowest BCUT2D eigenvalue weighted by Crippen LogP contribution is -2.22. The minimum absolute atomic E-state index is 0.0112. The Bertz CT molecular complexity index is 1810. The van der Waals surface area contributed by atoms with Gasteiger partial charge in [0.05, 0.1) is 17.9 Å². The fourth-order valence-corrected chi connectivity index (χ4v) is 4.35. The lowest BCUT2D eigenvalue weighted by atomic mass is 10.1. The van der Waals surface area contributed by atoms with Gasteiger partial charge in [0.1, 0.15) is 30.2 Å². The number of benzene rings is 3. The standard InChI is InChI=1S/C29H22FN5O4/c30-21-12-10-20(11-13-21)26-23(17-36)27-29(37)34(14-15-35(27)32-26)16-25-31-28(33-39-25)22-8-4-5-9-24(22)38-18-19-6-2-1-3-7-19/h1-15,36H,16-18H2. The third-order valence-corrected chi connectivity index (χ3v) is 6.27. The van der Waals surface area contributed by atoms with E-state index in [9.17, 15) is 14.3 Å². The summed E-state index contributed by atoms with van der Waals surface area (Å²) in [6.07, 6.45) is 3.16. The second-order valence-electron chi connectivity index (χ2n) is 8.80. The van der Waals surface area contributed by atoms with Crippen molar-refractivity contribution in [3.05, 3.63) is 124 Å². The lowest BCUT2D eigenvalue weighted by molar-refractivity contribution is 0.283. The van der Waals surface area contributed by atoms with Crippen LogP contribution in [0.4, 0.5) is 4.39 Å². The molecule has 6 aromatic rings. The van der Waals surface area contributed by atoms with E-state index in [1.54, 1.807) is 24.5 Å². The topological polar surface area (TPSA) is 108 Å². The maximum Gasteiger partial charge on any atom is 0.277 e. The monoisotopic (exact) mass is 523 g/mol. The fraction of sp³-hybridized carbons (Fsp3) is 0.103. The average molecular weight is 524 g/mol. The van der Waals surface area contributed by atoms with Crippen LogP contribution >= 0.6 is 0 Å². The van der Waals surface area contributed by atoms with Crippen LogP contribution in [0.5, 0.6) is 5.75 Å². The molecule has 0 aliphatic rings. The lowest BCUT2D eigenvalue weighted by Gasteiger charge is -2.09. The van der Waals surface area contributed by atoms with Crippen molar-refractivity contribution in [3.63, 3.8) is 0 Å². The molecule has 0 aliphatic carbocycles. The molecule has 0 saturated heterocycles. The zero-order valence-electron chi connectivity index (χ0n) is 20.6. The Morgan fingerprint density at radius 2 is 1.72 bits per heavy atom. The summed E-state index contributed by atoms with van der Waals surface area (Å²) in [6, 6.07) is 22.9. The fourth-order valence-electron chi connectivity index (χ4n) is 4.35. The molecule has 0 aliphatic heterocycles. The highest BCUT2D eigenvalue weighted by atomic mass is 19.1. The van der Waals surface area contributed by atoms with Crippen LogP contribution in [0.2, 0.25) is 0 Å². The number of rotatable bonds is 8. The van der Waals surface area contributed by atoms with Crippen LogP contribution in [0.15, 0.2) is 101 Å². The Morgan fingerprint density at radius 3 is 2.51 bits per heavy atom. The summed E-state index contributed by atoms with van der Waals surface area (Å²) in [5, 5.41) is 18.6. The van der Waals surface area contributed by atoms with E-state index in [0.29, 0.717) is 40.6 Å². The van der Waals surface area contributed by atoms with Gasteiger partial charge in [-0.3, -0.25) is 4.79 Å². The van der Waals surface area contributed by atoms with Crippen molar-refractivity contribution < 1.29 is 18.8 Å². The number of aliphatic hydroxyl groups is 1. The van der Waals surface area contributed by atoms with E-state index in [4.69, 9.17) is 9.26 Å². The quantitative estimate of drug-likeness (QED) is 0.314. The van der Waals surface area contributed by atoms with Crippen LogP contribution in [-0.4, -0.2) is 29.4 Å². The molecule has 3 aromatic carbocycles. The second-order valence-corrected chi connectivity index (χ2v) is 8.80. The molecule has 0 atom stereocenters. The van der Waals surface area contributed by atoms with Crippen LogP contribution < -0.4 is 10.3 Å². The minimum Gasteiger partial charge on any atom is -0.488 e. The number of para-hydroxylation sites is 1. The van der Waals surface area contributed by atoms with Gasteiger partial charge in [-0.1, -0.05) is 47.6 Å². The number of aliphatic hydroxyl groups excluding tert-OH is 1. The summed E-state index contributed by atoms with van der Waals surface area (Å²) in [7, 11) is 0. The summed E-state index contributed by atoms with van der Waals surface area (Å²) < 4.78 is 27.7. The van der Waals surface area contributed by atoms with Crippen molar-refractivity contribution in [1.82, 2.24) is 24.3 Å². The summed E-state index contributed by atoms with van der Waals surface area (Å²) in [6.45, 7) is -0.0202. The predicted octanol–water partition coefficient (Wildman–Crippen LogP) is 4.47. The molecular weight excluding hydrogens is 501 g/mol. The van der Waals surface area contributed by atoms with Gasteiger partial charge in [-0.05, 0) is 42.0 Å². The highest BCUT2D eigenvalue weighted by Gasteiger charge is 2.19. The van der Waals surface area contributed by atoms with Crippen molar-refractivity contribution >= 4 is 5.52 Å². The molecule has 3 aromatic heterocycles. The van der Waals surface area contributed by atoms with Gasteiger partial charge in [0, 0.05) is 23.5 Å². The van der Waals surface area contributed by atoms with E-state index >= 15 is 0 Å². The number of nitrogens with zero attached hydrogens (tertiary/aromatic N) is 5. The van der Waals surface area contributed by atoms with Gasteiger partial charge in [-0.15, -0.1) is 0 Å². The predicted molar refractivity (Wildman–Crippen MR) is 140 cm³/mol. The molecule has 0 bridgehead atoms. The number of aromatic nitrogens is 5. The maximum absolute atomic E-state index is 13.4. The number of ether oxygens (including phenoxy) is 1. The Hall–Kier alpha value is -5.09. The van der Waals surface area contributed by atoms with Crippen LogP contribution in [0.3, 0.4) is 0 Å². The Kier molecular flexibility index (Phi) is 6.44. The van der Waals surface area contributed by atoms with Crippen molar-refractivity contribution in [2.75, 3.05) is 0 Å². The molecule has 0 fully saturated rings. The molecule has 0 radical (unpaired) electrons. The molecule has 6 rings (SSSR count). The van der Waals surface area contributed by atoms with Gasteiger partial charge in [0.15, 0.2) is 0 Å². The molecule has 1 N–H and O–H groups in total. The van der Waals surface area contributed by atoms with E-state index in [-0.39, 0.29) is 23.8 Å². The Morgan fingerprint density at radius 1 is 0.949 bits per heavy atom. The third-order valence-electron chi connectivity index (χ3n) is 6.27. The number of hydrogen-bond acceptors (Lipinski definition) is 7. The zero-order valence-corrected chi connectivity index (χ0v) is 20.6. The van der Waals surface area contributed by atoms with E-state index < -0.39 is 12.2 Å². The van der Waals surface area contributed by atoms with E-state index in [1.807, 2.05) is 54.6 Å². The van der Waals surface area contributed by atoms with Gasteiger partial charge in [0.2, 0.25) is 11.7 Å². The normalized spacial score (nSPS) is 11.2. The van der Waals surface area contributed by atoms with Gasteiger partial charge < -0.3 is 18.9 Å². The molecule has 10 heteroatoms. The third kappa shape index (κ3) is 4.80. The Balaban J connectivity index is 1.28. The molecule has 0 amide bonds. The first-order valence-electron chi connectivity index (χ1n) is 12.2. The number of hydrogen-bond donors (Lipinski definition) is 1. The van der Waals surface area contributed by atoms with Gasteiger partial charge >= 0.3 is 0 Å². The minimum atomic E-state index is -0.417. The van der Waals surface area contributed by atoms with Crippen molar-refractivity contribution in [1.29, 1.82) is 0 Å². The molecule has 0 saturated carbocycles. The largest absolute Gasteiger partial charge is 0.488 e. The number of fused-ring (bicyclic) bond motifs is 1. The molecule has 39 heavy (non-hydrogen) atoms. The van der Waals surface area contributed by atoms with E-state index in [1.165, 1.54) is 21.2 Å². The summed E-state index contributed by atoms with van der Waals surface area (Å²) in [5.41, 5.74) is 2.84. The van der Waals surface area contributed by atoms with E-state index in [0.717, 1.165) is 5.56 Å². The highest BCUT2D eigenvalue weighted by Crippen LogP contribution is 2.29. The Labute approximate surface area is 221 Å². The van der Waals surface area contributed by atoms with Crippen LogP contribution in [-0.2, 0) is 19.8 Å². The van der Waals surface area contributed by atoms with Crippen molar-refractivity contribution in [2.24, 2.45) is 0 Å². The van der Waals surface area contributed by atoms with Crippen LogP contribution in [0, 0.1) is 5.82 Å². The first kappa shape index (κ1) is 24.3. The molecule has 0 unspecified atom stereocenters. The first-order valence-corrected chi connectivity index (χ1v) is 12.2. The van der Waals surface area contributed by atoms with Gasteiger partial charge in [-0.2, -0.15) is 10.1 Å². The van der Waals surface area contributed by atoms with Gasteiger partial charge in [-0.25, -0.2) is 8.91 Å². The molecule has 3 heterocycles. The summed E-state index contributed by atoms with van der Waals surface area (Å²) >= 11 is 0. The molecule has 194 valence electrons. The molecule has 0 spiro atoms. The van der Waals surface area contributed by atoms with E-state index in [2.05, 4.69) is 15.2 Å². The maximum atomic E-state index is 13.4. The van der Waals surface area contributed by atoms with Crippen molar-refractivity contribution in [2.45, 2.75) is 19.8 Å². The van der Waals surface area contributed by atoms with Crippen LogP contribution in [0.1, 0.15) is 17.0 Å². The first-order chi connectivity index (χ1) is 19.1. The smallest absolute Gasteiger partial charge is 0.277 e. The molecular formula is C29H22FN5O4. The van der Waals surface area contributed by atoms with Gasteiger partial charge in [0.25, 0.3) is 5.56 Å². The highest BCUT2D eigenvalue weighted by molar-refractivity contribution is 5.72. The average Bonchev–Trinajstić information content (AvgIpc) is 3.59. The summed E-state index contributed by atoms with van der Waals surface area (Å²) in [5.74, 6) is 0.770. The zero-order chi connectivity index (χ0) is 26.8. The SMILES string of the molecule is O=c1c2c(CO)c(-c3ccc(F)cc3)nn2ccn1Cc1nc(-c2ccccc2OCc2ccccc2)no1.